The maximum absolute atomic E-state index is 11.7. The molecule has 0 atom stereocenters. The second-order valence-electron chi connectivity index (χ2n) is 3.78. The highest BCUT2D eigenvalue weighted by Gasteiger charge is 2.29. The topological polar surface area (TPSA) is 98.8 Å². The second-order valence-corrected chi connectivity index (χ2v) is 6.52. The maximum Gasteiger partial charge on any atom is 0.348 e. The average Bonchev–Trinajstić information content (AvgIpc) is 2.54. The second kappa shape index (κ2) is 4.36. The van der Waals surface area contributed by atoms with Gasteiger partial charge in [0.05, 0.1) is 6.61 Å². The van der Waals surface area contributed by atoms with Crippen molar-refractivity contribution in [2.75, 3.05) is 6.61 Å². The Hall–Kier alpha value is -1.41. The van der Waals surface area contributed by atoms with E-state index in [2.05, 4.69) is 4.40 Å². The van der Waals surface area contributed by atoms with Crippen molar-refractivity contribution in [1.82, 2.24) is 0 Å². The number of rotatable bonds is 2. The number of esters is 1. The number of sulfonamides is 1. The van der Waals surface area contributed by atoms with Gasteiger partial charge in [0, 0.05) is 10.4 Å². The van der Waals surface area contributed by atoms with E-state index in [1.165, 1.54) is 0 Å². The average molecular weight is 288 g/mol. The summed E-state index contributed by atoms with van der Waals surface area (Å²) in [6.45, 7) is 3.69. The summed E-state index contributed by atoms with van der Waals surface area (Å²) in [6, 6.07) is 0. The highest BCUT2D eigenvalue weighted by Crippen LogP contribution is 2.33. The summed E-state index contributed by atoms with van der Waals surface area (Å²) >= 11 is 1.10. The molecule has 2 rings (SSSR count). The van der Waals surface area contributed by atoms with Crippen molar-refractivity contribution < 1.29 is 17.9 Å². The van der Waals surface area contributed by atoms with Crippen LogP contribution in [0.2, 0.25) is 0 Å². The summed E-state index contributed by atoms with van der Waals surface area (Å²) in [5.74, 6) is -0.728. The van der Waals surface area contributed by atoms with Gasteiger partial charge < -0.3 is 10.5 Å². The lowest BCUT2D eigenvalue weighted by atomic mass is 10.1. The van der Waals surface area contributed by atoms with Crippen LogP contribution in [0.5, 0.6) is 0 Å². The van der Waals surface area contributed by atoms with Gasteiger partial charge in [-0.1, -0.05) is 0 Å². The van der Waals surface area contributed by atoms with Gasteiger partial charge in [-0.15, -0.1) is 15.7 Å². The molecule has 1 aliphatic rings. The Morgan fingerprint density at radius 2 is 2.22 bits per heavy atom. The van der Waals surface area contributed by atoms with Crippen LogP contribution in [0.1, 0.15) is 32.6 Å². The Morgan fingerprint density at radius 1 is 1.56 bits per heavy atom. The predicted molar refractivity (Wildman–Crippen MR) is 68.4 cm³/mol. The van der Waals surface area contributed by atoms with E-state index in [9.17, 15) is 13.2 Å². The van der Waals surface area contributed by atoms with E-state index in [-0.39, 0.29) is 18.2 Å². The van der Waals surface area contributed by atoms with Crippen molar-refractivity contribution in [1.29, 1.82) is 0 Å². The summed E-state index contributed by atoms with van der Waals surface area (Å²) in [5, 5.41) is 0. The zero-order valence-electron chi connectivity index (χ0n) is 9.89. The molecule has 0 saturated heterocycles. The SMILES string of the molecule is CCOC(=O)c1sc2c(c1C)C(N)=NS(=O)(=O)C2. The lowest BCUT2D eigenvalue weighted by molar-refractivity contribution is 0.0531. The third-order valence-electron chi connectivity index (χ3n) is 2.49. The molecule has 8 heteroatoms. The smallest absolute Gasteiger partial charge is 0.348 e. The number of carbonyl (C=O) groups is 1. The zero-order chi connectivity index (χ0) is 13.5. The molecule has 2 heterocycles. The molecule has 1 aliphatic heterocycles. The van der Waals surface area contributed by atoms with E-state index < -0.39 is 16.0 Å². The van der Waals surface area contributed by atoms with E-state index in [4.69, 9.17) is 10.5 Å². The maximum atomic E-state index is 11.7. The largest absolute Gasteiger partial charge is 0.462 e. The minimum Gasteiger partial charge on any atom is -0.462 e. The van der Waals surface area contributed by atoms with Crippen LogP contribution in [0.15, 0.2) is 4.40 Å². The van der Waals surface area contributed by atoms with Gasteiger partial charge in [0.2, 0.25) is 0 Å². The molecule has 0 saturated carbocycles. The number of thiophene rings is 1. The first-order valence-electron chi connectivity index (χ1n) is 5.23. The Labute approximate surface area is 109 Å². The Bertz CT molecular complexity index is 643. The molecular formula is C10H12N2O4S2. The first-order valence-corrected chi connectivity index (χ1v) is 7.66. The Balaban J connectivity index is 2.55. The number of carbonyl (C=O) groups excluding carboxylic acids is 1. The summed E-state index contributed by atoms with van der Waals surface area (Å²) in [6.07, 6.45) is 0. The van der Waals surface area contributed by atoms with Crippen molar-refractivity contribution in [3.05, 3.63) is 20.9 Å². The van der Waals surface area contributed by atoms with Crippen molar-refractivity contribution >= 4 is 33.2 Å². The minimum absolute atomic E-state index is 0.0550. The molecule has 1 aromatic heterocycles. The fourth-order valence-electron chi connectivity index (χ4n) is 1.79. The van der Waals surface area contributed by atoms with Gasteiger partial charge in [-0.05, 0) is 19.4 Å². The van der Waals surface area contributed by atoms with Gasteiger partial charge in [-0.3, -0.25) is 0 Å². The highest BCUT2D eigenvalue weighted by molar-refractivity contribution is 7.89. The van der Waals surface area contributed by atoms with Gasteiger partial charge in [-0.2, -0.15) is 0 Å². The Morgan fingerprint density at radius 3 is 2.83 bits per heavy atom. The summed E-state index contributed by atoms with van der Waals surface area (Å²) in [4.78, 5) is 12.6. The molecule has 0 unspecified atom stereocenters. The number of amidine groups is 1. The molecule has 2 N–H and O–H groups in total. The summed E-state index contributed by atoms with van der Waals surface area (Å²) in [5.41, 5.74) is 6.82. The number of fused-ring (bicyclic) bond motifs is 1. The number of hydrogen-bond acceptors (Lipinski definition) is 6. The normalized spacial score (nSPS) is 16.9. The molecule has 18 heavy (non-hydrogen) atoms. The van der Waals surface area contributed by atoms with E-state index >= 15 is 0 Å². The third kappa shape index (κ3) is 2.13. The van der Waals surface area contributed by atoms with Crippen molar-refractivity contribution in [2.24, 2.45) is 10.1 Å². The number of ether oxygens (including phenoxy) is 1. The van der Waals surface area contributed by atoms with Crippen LogP contribution >= 0.6 is 11.3 Å². The lowest BCUT2D eigenvalue weighted by Crippen LogP contribution is -2.23. The molecule has 0 radical (unpaired) electrons. The van der Waals surface area contributed by atoms with E-state index in [1.54, 1.807) is 13.8 Å². The summed E-state index contributed by atoms with van der Waals surface area (Å²) < 4.78 is 31.3. The van der Waals surface area contributed by atoms with E-state index in [0.29, 0.717) is 20.9 Å². The van der Waals surface area contributed by atoms with Crippen LogP contribution in [0.25, 0.3) is 0 Å². The molecular weight excluding hydrogens is 276 g/mol. The number of hydrogen-bond donors (Lipinski definition) is 1. The zero-order valence-corrected chi connectivity index (χ0v) is 11.5. The third-order valence-corrected chi connectivity index (χ3v) is 5.07. The molecule has 0 aromatic carbocycles. The van der Waals surface area contributed by atoms with Crippen LogP contribution < -0.4 is 5.73 Å². The molecule has 98 valence electrons. The van der Waals surface area contributed by atoms with Crippen molar-refractivity contribution in [3.8, 4) is 0 Å². The Kier molecular flexibility index (Phi) is 3.16. The molecule has 0 aliphatic carbocycles. The van der Waals surface area contributed by atoms with Gasteiger partial charge in [0.1, 0.15) is 16.5 Å². The molecule has 0 amide bonds. The highest BCUT2D eigenvalue weighted by atomic mass is 32.2. The van der Waals surface area contributed by atoms with Crippen molar-refractivity contribution in [3.63, 3.8) is 0 Å². The molecule has 0 fully saturated rings. The molecule has 0 spiro atoms. The van der Waals surface area contributed by atoms with Gasteiger partial charge >= 0.3 is 5.97 Å². The lowest BCUT2D eigenvalue weighted by Gasteiger charge is -2.09. The fourth-order valence-corrected chi connectivity index (χ4v) is 4.41. The first-order chi connectivity index (χ1) is 8.35. The fraction of sp³-hybridized carbons (Fsp3) is 0.400. The molecule has 6 nitrogen and oxygen atoms in total. The van der Waals surface area contributed by atoms with Gasteiger partial charge in [0.15, 0.2) is 0 Å². The minimum atomic E-state index is -3.57. The molecule has 1 aromatic rings. The van der Waals surface area contributed by atoms with Crippen molar-refractivity contribution in [2.45, 2.75) is 19.6 Å². The number of nitrogens with zero attached hydrogens (tertiary/aromatic N) is 1. The standard InChI is InChI=1S/C10H12N2O4S2/c1-3-16-10(13)8-5(2)7-6(17-8)4-18(14,15)12-9(7)11/h3-4H2,1-2H3,(H2,11,12). The van der Waals surface area contributed by atoms with Crippen LogP contribution in [-0.2, 0) is 20.5 Å². The monoisotopic (exact) mass is 288 g/mol. The van der Waals surface area contributed by atoms with Gasteiger partial charge in [-0.25, -0.2) is 13.2 Å². The van der Waals surface area contributed by atoms with E-state index in [1.807, 2.05) is 0 Å². The summed E-state index contributed by atoms with van der Waals surface area (Å²) in [7, 11) is -3.57. The van der Waals surface area contributed by atoms with Crippen LogP contribution in [0, 0.1) is 6.92 Å². The first kappa shape index (κ1) is 13.0. The van der Waals surface area contributed by atoms with Gasteiger partial charge in [0.25, 0.3) is 10.0 Å². The number of nitrogens with two attached hydrogens (primary N) is 1. The van der Waals surface area contributed by atoms with Crippen LogP contribution in [0.3, 0.4) is 0 Å². The van der Waals surface area contributed by atoms with Crippen LogP contribution in [0.4, 0.5) is 0 Å². The predicted octanol–water partition coefficient (Wildman–Crippen LogP) is 0.782. The molecule has 0 bridgehead atoms. The van der Waals surface area contributed by atoms with E-state index in [0.717, 1.165) is 11.3 Å². The quantitative estimate of drug-likeness (QED) is 0.811. The van der Waals surface area contributed by atoms with Crippen LogP contribution in [-0.4, -0.2) is 26.8 Å².